The standard InChI is InChI=1S/C11H11NO4/c1-16-11-5-7-3-2-4-10(13)8(7)6-9(11)12(14)15/h5-6H,2-4H2,1H3. The number of ether oxygens (including phenoxy) is 1. The molecule has 1 aromatic rings. The highest BCUT2D eigenvalue weighted by atomic mass is 16.6. The van der Waals surface area contributed by atoms with Gasteiger partial charge in [0.05, 0.1) is 12.0 Å². The Morgan fingerprint density at radius 3 is 2.75 bits per heavy atom. The molecule has 0 fully saturated rings. The Hall–Kier alpha value is -1.91. The van der Waals surface area contributed by atoms with E-state index in [0.29, 0.717) is 12.0 Å². The van der Waals surface area contributed by atoms with Gasteiger partial charge in [0, 0.05) is 18.1 Å². The van der Waals surface area contributed by atoms with E-state index in [1.54, 1.807) is 6.07 Å². The molecule has 0 saturated heterocycles. The Morgan fingerprint density at radius 2 is 2.12 bits per heavy atom. The van der Waals surface area contributed by atoms with Gasteiger partial charge in [-0.05, 0) is 24.5 Å². The quantitative estimate of drug-likeness (QED) is 0.566. The Bertz CT molecular complexity index is 456. The zero-order valence-corrected chi connectivity index (χ0v) is 8.86. The molecule has 0 amide bonds. The van der Waals surface area contributed by atoms with Crippen molar-refractivity contribution in [2.24, 2.45) is 0 Å². The number of carbonyl (C=O) groups is 1. The second-order valence-electron chi connectivity index (χ2n) is 3.72. The van der Waals surface area contributed by atoms with E-state index in [1.165, 1.54) is 13.2 Å². The molecule has 0 heterocycles. The molecule has 16 heavy (non-hydrogen) atoms. The van der Waals surface area contributed by atoms with E-state index in [4.69, 9.17) is 4.74 Å². The summed E-state index contributed by atoms with van der Waals surface area (Å²) in [4.78, 5) is 21.9. The van der Waals surface area contributed by atoms with Crippen LogP contribution < -0.4 is 4.74 Å². The van der Waals surface area contributed by atoms with Gasteiger partial charge in [-0.15, -0.1) is 0 Å². The number of hydrogen-bond acceptors (Lipinski definition) is 4. The number of methoxy groups -OCH3 is 1. The Morgan fingerprint density at radius 1 is 1.38 bits per heavy atom. The Kier molecular flexibility index (Phi) is 2.60. The lowest BCUT2D eigenvalue weighted by atomic mass is 9.90. The van der Waals surface area contributed by atoms with E-state index in [-0.39, 0.29) is 17.2 Å². The van der Waals surface area contributed by atoms with Crippen LogP contribution in [0.4, 0.5) is 5.69 Å². The average Bonchev–Trinajstić information content (AvgIpc) is 2.27. The van der Waals surface area contributed by atoms with Crippen LogP contribution in [-0.4, -0.2) is 17.8 Å². The van der Waals surface area contributed by atoms with Crippen molar-refractivity contribution < 1.29 is 14.5 Å². The number of hydrogen-bond donors (Lipinski definition) is 0. The minimum Gasteiger partial charge on any atom is -0.490 e. The zero-order valence-electron chi connectivity index (χ0n) is 8.86. The molecule has 5 heteroatoms. The van der Waals surface area contributed by atoms with Gasteiger partial charge < -0.3 is 4.74 Å². The molecule has 5 nitrogen and oxygen atoms in total. The van der Waals surface area contributed by atoms with Gasteiger partial charge in [-0.2, -0.15) is 0 Å². The van der Waals surface area contributed by atoms with Crippen LogP contribution in [-0.2, 0) is 6.42 Å². The first-order chi connectivity index (χ1) is 7.63. The van der Waals surface area contributed by atoms with Gasteiger partial charge in [-0.25, -0.2) is 0 Å². The number of carbonyl (C=O) groups excluding carboxylic acids is 1. The van der Waals surface area contributed by atoms with E-state index < -0.39 is 4.92 Å². The van der Waals surface area contributed by atoms with E-state index in [1.807, 2.05) is 0 Å². The molecule has 1 aliphatic rings. The second-order valence-corrected chi connectivity index (χ2v) is 3.72. The molecule has 2 rings (SSSR count). The fourth-order valence-electron chi connectivity index (χ4n) is 1.96. The van der Waals surface area contributed by atoms with Crippen molar-refractivity contribution in [3.05, 3.63) is 33.4 Å². The predicted octanol–water partition coefficient (Wildman–Crippen LogP) is 2.12. The molecular formula is C11H11NO4. The van der Waals surface area contributed by atoms with Crippen LogP contribution >= 0.6 is 0 Å². The highest BCUT2D eigenvalue weighted by Gasteiger charge is 2.24. The molecule has 0 bridgehead atoms. The number of Topliss-reactive ketones (excluding diaryl/α,β-unsaturated/α-hetero) is 1. The number of aryl methyl sites for hydroxylation is 1. The molecule has 0 aliphatic heterocycles. The third-order valence-corrected chi connectivity index (χ3v) is 2.75. The maximum atomic E-state index is 11.6. The maximum Gasteiger partial charge on any atom is 0.311 e. The Labute approximate surface area is 92.2 Å². The number of ketones is 1. The number of nitrogens with zero attached hydrogens (tertiary/aromatic N) is 1. The molecular weight excluding hydrogens is 210 g/mol. The van der Waals surface area contributed by atoms with Crippen LogP contribution in [0.25, 0.3) is 0 Å². The van der Waals surface area contributed by atoms with Crippen molar-refractivity contribution >= 4 is 11.5 Å². The molecule has 1 aromatic carbocycles. The van der Waals surface area contributed by atoms with Crippen molar-refractivity contribution in [3.63, 3.8) is 0 Å². The SMILES string of the molecule is COc1cc2c(cc1[N+](=O)[O-])C(=O)CCC2. The van der Waals surface area contributed by atoms with Crippen LogP contribution in [0.15, 0.2) is 12.1 Å². The highest BCUT2D eigenvalue weighted by Crippen LogP contribution is 2.33. The molecule has 0 spiro atoms. The number of rotatable bonds is 2. The lowest BCUT2D eigenvalue weighted by Crippen LogP contribution is -2.11. The summed E-state index contributed by atoms with van der Waals surface area (Å²) >= 11 is 0. The lowest BCUT2D eigenvalue weighted by Gasteiger charge is -2.15. The largest absolute Gasteiger partial charge is 0.490 e. The van der Waals surface area contributed by atoms with E-state index in [2.05, 4.69) is 0 Å². The summed E-state index contributed by atoms with van der Waals surface area (Å²) in [6, 6.07) is 2.93. The average molecular weight is 221 g/mol. The summed E-state index contributed by atoms with van der Waals surface area (Å²) in [7, 11) is 1.39. The summed E-state index contributed by atoms with van der Waals surface area (Å²) in [6.07, 6.45) is 2.04. The fraction of sp³-hybridized carbons (Fsp3) is 0.364. The van der Waals surface area contributed by atoms with Gasteiger partial charge >= 0.3 is 5.69 Å². The summed E-state index contributed by atoms with van der Waals surface area (Å²) in [5.41, 5.74) is 1.17. The first-order valence-electron chi connectivity index (χ1n) is 5.02. The molecule has 1 aliphatic carbocycles. The minimum absolute atomic E-state index is 0.0213. The molecule has 0 atom stereocenters. The highest BCUT2D eigenvalue weighted by molar-refractivity contribution is 5.99. The van der Waals surface area contributed by atoms with Crippen LogP contribution in [0.1, 0.15) is 28.8 Å². The van der Waals surface area contributed by atoms with Crippen LogP contribution in [0.3, 0.4) is 0 Å². The number of nitro benzene ring substituents is 1. The van der Waals surface area contributed by atoms with E-state index >= 15 is 0 Å². The van der Waals surface area contributed by atoms with Crippen molar-refractivity contribution in [2.75, 3.05) is 7.11 Å². The lowest BCUT2D eigenvalue weighted by molar-refractivity contribution is -0.385. The Balaban J connectivity index is 2.60. The summed E-state index contributed by atoms with van der Waals surface area (Å²) < 4.78 is 4.95. The van der Waals surface area contributed by atoms with Gasteiger partial charge in [0.15, 0.2) is 11.5 Å². The maximum absolute atomic E-state index is 11.6. The van der Waals surface area contributed by atoms with Gasteiger partial charge in [0.1, 0.15) is 0 Å². The topological polar surface area (TPSA) is 69.4 Å². The van der Waals surface area contributed by atoms with Crippen molar-refractivity contribution in [1.82, 2.24) is 0 Å². The fourth-order valence-corrected chi connectivity index (χ4v) is 1.96. The van der Waals surface area contributed by atoms with E-state index in [9.17, 15) is 14.9 Å². The molecule has 0 N–H and O–H groups in total. The third-order valence-electron chi connectivity index (χ3n) is 2.75. The predicted molar refractivity (Wildman–Crippen MR) is 56.9 cm³/mol. The molecule has 0 radical (unpaired) electrons. The first kappa shape index (κ1) is 10.6. The third kappa shape index (κ3) is 1.64. The van der Waals surface area contributed by atoms with E-state index in [0.717, 1.165) is 18.4 Å². The molecule has 0 unspecified atom stereocenters. The number of fused-ring (bicyclic) bond motifs is 1. The van der Waals surface area contributed by atoms with Gasteiger partial charge in [0.25, 0.3) is 0 Å². The van der Waals surface area contributed by atoms with Crippen LogP contribution in [0.5, 0.6) is 5.75 Å². The van der Waals surface area contributed by atoms with Gasteiger partial charge in [0.2, 0.25) is 0 Å². The molecule has 0 saturated carbocycles. The smallest absolute Gasteiger partial charge is 0.311 e. The first-order valence-corrected chi connectivity index (χ1v) is 5.02. The van der Waals surface area contributed by atoms with Crippen LogP contribution in [0, 0.1) is 10.1 Å². The molecule has 0 aromatic heterocycles. The monoisotopic (exact) mass is 221 g/mol. The summed E-state index contributed by atoms with van der Waals surface area (Å²) in [5.74, 6) is 0.199. The minimum atomic E-state index is -0.527. The normalized spacial score (nSPS) is 14.4. The van der Waals surface area contributed by atoms with Crippen molar-refractivity contribution in [1.29, 1.82) is 0 Å². The summed E-state index contributed by atoms with van der Waals surface area (Å²) in [6.45, 7) is 0. The van der Waals surface area contributed by atoms with Crippen molar-refractivity contribution in [2.45, 2.75) is 19.3 Å². The summed E-state index contributed by atoms with van der Waals surface area (Å²) in [5, 5.41) is 10.8. The zero-order chi connectivity index (χ0) is 11.7. The van der Waals surface area contributed by atoms with Gasteiger partial charge in [-0.3, -0.25) is 14.9 Å². The van der Waals surface area contributed by atoms with Crippen molar-refractivity contribution in [3.8, 4) is 5.75 Å². The number of nitro groups is 1. The molecule has 84 valence electrons. The number of benzene rings is 1. The van der Waals surface area contributed by atoms with Gasteiger partial charge in [-0.1, -0.05) is 0 Å². The van der Waals surface area contributed by atoms with Crippen LogP contribution in [0.2, 0.25) is 0 Å². The second kappa shape index (κ2) is 3.92.